The van der Waals surface area contributed by atoms with Gasteiger partial charge in [-0.2, -0.15) is 0 Å². The van der Waals surface area contributed by atoms with Gasteiger partial charge in [0.25, 0.3) is 0 Å². The third kappa shape index (κ3) is 3.32. The average Bonchev–Trinajstić information content (AvgIpc) is 2.82. The Morgan fingerprint density at radius 3 is 2.70 bits per heavy atom. The number of ether oxygens (including phenoxy) is 1. The second-order valence-electron chi connectivity index (χ2n) is 5.53. The predicted octanol–water partition coefficient (Wildman–Crippen LogP) is 2.14. The van der Waals surface area contributed by atoms with E-state index < -0.39 is 0 Å². The van der Waals surface area contributed by atoms with Crippen LogP contribution in [0, 0.1) is 5.82 Å². The van der Waals surface area contributed by atoms with Gasteiger partial charge in [-0.1, -0.05) is 15.9 Å². The molecular weight excluding hydrogens is 323 g/mol. The second-order valence-corrected chi connectivity index (χ2v) is 6.32. The number of piperazine rings is 1. The Kier molecular flexibility index (Phi) is 4.58. The highest BCUT2D eigenvalue weighted by Gasteiger charge is 2.26. The molecule has 0 saturated carbocycles. The first kappa shape index (κ1) is 14.3. The van der Waals surface area contributed by atoms with Crippen LogP contribution in [-0.2, 0) is 6.42 Å². The van der Waals surface area contributed by atoms with Gasteiger partial charge in [0.05, 0.1) is 0 Å². The van der Waals surface area contributed by atoms with Crippen molar-refractivity contribution in [3.05, 3.63) is 29.6 Å². The number of halogens is 2. The molecule has 1 atom stereocenters. The van der Waals surface area contributed by atoms with Crippen LogP contribution in [0.1, 0.15) is 5.56 Å². The fourth-order valence-electron chi connectivity index (χ4n) is 2.99. The van der Waals surface area contributed by atoms with Crippen LogP contribution in [0.5, 0.6) is 5.75 Å². The number of benzene rings is 1. The van der Waals surface area contributed by atoms with Crippen molar-refractivity contribution in [3.8, 4) is 5.75 Å². The van der Waals surface area contributed by atoms with Gasteiger partial charge in [0.2, 0.25) is 0 Å². The molecule has 0 spiro atoms. The molecule has 2 aliphatic heterocycles. The molecule has 0 bridgehead atoms. The maximum atomic E-state index is 13.2. The Labute approximate surface area is 127 Å². The normalized spacial score (nSPS) is 23.6. The van der Waals surface area contributed by atoms with E-state index in [1.54, 1.807) is 12.1 Å². The molecule has 2 aliphatic rings. The summed E-state index contributed by atoms with van der Waals surface area (Å²) in [5, 5.41) is 1.04. The van der Waals surface area contributed by atoms with Crippen LogP contribution in [0.15, 0.2) is 18.2 Å². The lowest BCUT2D eigenvalue weighted by molar-refractivity contribution is 0.0955. The van der Waals surface area contributed by atoms with Gasteiger partial charge in [-0.25, -0.2) is 4.39 Å². The molecule has 1 fully saturated rings. The quantitative estimate of drug-likeness (QED) is 0.779. The first-order chi connectivity index (χ1) is 9.74. The monoisotopic (exact) mass is 342 g/mol. The molecule has 0 aromatic heterocycles. The molecule has 1 saturated heterocycles. The predicted molar refractivity (Wildman–Crippen MR) is 81.2 cm³/mol. The third-order valence-electron chi connectivity index (χ3n) is 4.09. The molecule has 2 heterocycles. The number of hydrogen-bond acceptors (Lipinski definition) is 3. The van der Waals surface area contributed by atoms with Crippen LogP contribution in [0.25, 0.3) is 0 Å². The van der Waals surface area contributed by atoms with Gasteiger partial charge in [0.15, 0.2) is 0 Å². The summed E-state index contributed by atoms with van der Waals surface area (Å²) in [6, 6.07) is 4.82. The summed E-state index contributed by atoms with van der Waals surface area (Å²) in [5.74, 6) is 0.686. The minimum Gasteiger partial charge on any atom is -0.488 e. The van der Waals surface area contributed by atoms with Gasteiger partial charge in [0, 0.05) is 56.6 Å². The van der Waals surface area contributed by atoms with E-state index in [0.29, 0.717) is 0 Å². The molecule has 0 radical (unpaired) electrons. The largest absolute Gasteiger partial charge is 0.488 e. The highest BCUT2D eigenvalue weighted by molar-refractivity contribution is 9.09. The maximum absolute atomic E-state index is 13.2. The third-order valence-corrected chi connectivity index (χ3v) is 4.45. The van der Waals surface area contributed by atoms with Gasteiger partial charge in [-0.3, -0.25) is 9.80 Å². The van der Waals surface area contributed by atoms with Crippen LogP contribution in [0.4, 0.5) is 4.39 Å². The van der Waals surface area contributed by atoms with Crippen LogP contribution in [-0.4, -0.2) is 60.5 Å². The number of alkyl halides is 1. The highest BCUT2D eigenvalue weighted by Crippen LogP contribution is 2.29. The minimum atomic E-state index is -0.170. The summed E-state index contributed by atoms with van der Waals surface area (Å²) in [6.07, 6.45) is 1.00. The van der Waals surface area contributed by atoms with Crippen molar-refractivity contribution < 1.29 is 9.13 Å². The zero-order valence-electron chi connectivity index (χ0n) is 11.5. The van der Waals surface area contributed by atoms with Crippen molar-refractivity contribution in [2.24, 2.45) is 0 Å². The van der Waals surface area contributed by atoms with Crippen molar-refractivity contribution in [2.45, 2.75) is 12.5 Å². The number of fused-ring (bicyclic) bond motifs is 1. The molecule has 3 nitrogen and oxygen atoms in total. The molecule has 0 aliphatic carbocycles. The van der Waals surface area contributed by atoms with Crippen LogP contribution in [0.2, 0.25) is 0 Å². The van der Waals surface area contributed by atoms with E-state index in [4.69, 9.17) is 4.74 Å². The number of rotatable bonds is 4. The van der Waals surface area contributed by atoms with Crippen LogP contribution in [0.3, 0.4) is 0 Å². The van der Waals surface area contributed by atoms with E-state index in [-0.39, 0.29) is 11.9 Å². The fourth-order valence-corrected chi connectivity index (χ4v) is 3.50. The lowest BCUT2D eigenvalue weighted by Gasteiger charge is -2.35. The second kappa shape index (κ2) is 6.41. The molecule has 0 N–H and O–H groups in total. The molecule has 20 heavy (non-hydrogen) atoms. The summed E-state index contributed by atoms with van der Waals surface area (Å²) >= 11 is 3.49. The molecular formula is C15H20BrFN2O. The van der Waals surface area contributed by atoms with Crippen molar-refractivity contribution in [1.82, 2.24) is 9.80 Å². The lowest BCUT2D eigenvalue weighted by atomic mass is 10.1. The Morgan fingerprint density at radius 2 is 1.95 bits per heavy atom. The SMILES string of the molecule is Fc1ccc2c(c1)CC(CN1CCN(CCBr)CC1)O2. The van der Waals surface area contributed by atoms with E-state index in [9.17, 15) is 4.39 Å². The Morgan fingerprint density at radius 1 is 1.20 bits per heavy atom. The van der Waals surface area contributed by atoms with Gasteiger partial charge >= 0.3 is 0 Å². The van der Waals surface area contributed by atoms with Gasteiger partial charge in [-0.05, 0) is 18.2 Å². The summed E-state index contributed by atoms with van der Waals surface area (Å²) in [5.41, 5.74) is 1.01. The minimum absolute atomic E-state index is 0.170. The Bertz CT molecular complexity index is 463. The summed E-state index contributed by atoms with van der Waals surface area (Å²) in [4.78, 5) is 4.93. The lowest BCUT2D eigenvalue weighted by Crippen LogP contribution is -2.49. The van der Waals surface area contributed by atoms with Crippen LogP contribution < -0.4 is 4.74 Å². The standard InChI is InChI=1S/C15H20BrFN2O/c16-3-4-18-5-7-19(8-6-18)11-14-10-12-9-13(17)1-2-15(12)20-14/h1-2,9,14H,3-8,10-11H2. The van der Waals surface area contributed by atoms with Crippen molar-refractivity contribution in [1.29, 1.82) is 0 Å². The van der Waals surface area contributed by atoms with E-state index >= 15 is 0 Å². The van der Waals surface area contributed by atoms with Crippen LogP contribution >= 0.6 is 15.9 Å². The fraction of sp³-hybridized carbons (Fsp3) is 0.600. The smallest absolute Gasteiger partial charge is 0.123 e. The van der Waals surface area contributed by atoms with E-state index in [0.717, 1.165) is 62.3 Å². The molecule has 3 rings (SSSR count). The number of hydrogen-bond donors (Lipinski definition) is 0. The van der Waals surface area contributed by atoms with Gasteiger partial charge in [-0.15, -0.1) is 0 Å². The highest BCUT2D eigenvalue weighted by atomic mass is 79.9. The van der Waals surface area contributed by atoms with E-state index in [1.807, 2.05) is 0 Å². The Hall–Kier alpha value is -0.650. The zero-order valence-corrected chi connectivity index (χ0v) is 13.1. The van der Waals surface area contributed by atoms with Crippen molar-refractivity contribution in [2.75, 3.05) is 44.6 Å². The molecule has 110 valence electrons. The molecule has 1 aromatic carbocycles. The molecule has 5 heteroatoms. The van der Waals surface area contributed by atoms with Gasteiger partial charge in [0.1, 0.15) is 17.7 Å². The summed E-state index contributed by atoms with van der Waals surface area (Å²) in [7, 11) is 0. The summed E-state index contributed by atoms with van der Waals surface area (Å²) in [6.45, 7) is 6.51. The zero-order chi connectivity index (χ0) is 13.9. The van der Waals surface area contributed by atoms with E-state index in [1.165, 1.54) is 6.07 Å². The molecule has 1 aromatic rings. The topological polar surface area (TPSA) is 15.7 Å². The van der Waals surface area contributed by atoms with E-state index in [2.05, 4.69) is 25.7 Å². The first-order valence-electron chi connectivity index (χ1n) is 7.20. The Balaban J connectivity index is 1.49. The van der Waals surface area contributed by atoms with Gasteiger partial charge < -0.3 is 4.74 Å². The number of nitrogens with zero attached hydrogens (tertiary/aromatic N) is 2. The molecule has 0 amide bonds. The van der Waals surface area contributed by atoms with Crippen molar-refractivity contribution in [3.63, 3.8) is 0 Å². The first-order valence-corrected chi connectivity index (χ1v) is 8.32. The average molecular weight is 343 g/mol. The maximum Gasteiger partial charge on any atom is 0.123 e. The molecule has 1 unspecified atom stereocenters. The summed E-state index contributed by atoms with van der Waals surface area (Å²) < 4.78 is 19.1. The van der Waals surface area contributed by atoms with Crippen molar-refractivity contribution >= 4 is 15.9 Å².